The second-order valence-corrected chi connectivity index (χ2v) is 5.74. The molecule has 3 aromatic heterocycles. The van der Waals surface area contributed by atoms with Crippen LogP contribution in [0.3, 0.4) is 0 Å². The minimum absolute atomic E-state index is 0.262. The van der Waals surface area contributed by atoms with Gasteiger partial charge in [-0.2, -0.15) is 10.4 Å². The van der Waals surface area contributed by atoms with Crippen LogP contribution in [0, 0.1) is 11.3 Å². The summed E-state index contributed by atoms with van der Waals surface area (Å²) in [5.74, 6) is 0.452. The highest BCUT2D eigenvalue weighted by atomic mass is 15.3. The van der Waals surface area contributed by atoms with Crippen molar-refractivity contribution in [2.24, 2.45) is 0 Å². The fraction of sp³-hybridized carbons (Fsp3) is 0.0500. The Morgan fingerprint density at radius 1 is 0.963 bits per heavy atom. The summed E-state index contributed by atoms with van der Waals surface area (Å²) in [5, 5.41) is 17.1. The van der Waals surface area contributed by atoms with Crippen LogP contribution in [-0.4, -0.2) is 24.7 Å². The first-order valence-electron chi connectivity index (χ1n) is 8.34. The van der Waals surface area contributed by atoms with Crippen molar-refractivity contribution in [3.05, 3.63) is 84.7 Å². The normalized spacial score (nSPS) is 10.3. The van der Waals surface area contributed by atoms with Crippen LogP contribution in [0.15, 0.2) is 73.4 Å². The molecule has 0 spiro atoms. The third-order valence-electron chi connectivity index (χ3n) is 4.01. The predicted molar refractivity (Wildman–Crippen MR) is 101 cm³/mol. The van der Waals surface area contributed by atoms with Crippen molar-refractivity contribution in [3.63, 3.8) is 0 Å². The number of nitrogens with zero attached hydrogens (tertiary/aromatic N) is 6. The van der Waals surface area contributed by atoms with Gasteiger partial charge in [-0.15, -0.1) is 0 Å². The predicted octanol–water partition coefficient (Wildman–Crippen LogP) is 3.21. The summed E-state index contributed by atoms with van der Waals surface area (Å²) in [4.78, 5) is 12.3. The number of nitriles is 1. The van der Waals surface area contributed by atoms with E-state index in [0.29, 0.717) is 12.4 Å². The number of anilines is 1. The summed E-state index contributed by atoms with van der Waals surface area (Å²) >= 11 is 0. The molecule has 0 aliphatic rings. The summed E-state index contributed by atoms with van der Waals surface area (Å²) in [6, 6.07) is 15.8. The van der Waals surface area contributed by atoms with Gasteiger partial charge in [0.15, 0.2) is 11.5 Å². The minimum Gasteiger partial charge on any atom is -0.363 e. The largest absolute Gasteiger partial charge is 0.363 e. The van der Waals surface area contributed by atoms with E-state index in [-0.39, 0.29) is 5.69 Å². The fourth-order valence-electron chi connectivity index (χ4n) is 2.73. The molecule has 4 rings (SSSR count). The number of rotatable bonds is 5. The van der Waals surface area contributed by atoms with Crippen LogP contribution in [0.25, 0.3) is 16.9 Å². The minimum atomic E-state index is 0.262. The van der Waals surface area contributed by atoms with Crippen molar-refractivity contribution in [2.45, 2.75) is 6.54 Å². The number of nitrogens with one attached hydrogen (secondary N) is 1. The standard InChI is InChI=1S/C20H15N7/c21-12-18-20(24-11-10-23-18)25-13-16-14-27(17-4-2-1-3-5-17)26-19(16)15-6-8-22-9-7-15/h1-11,14H,13H2,(H,24,25). The third-order valence-corrected chi connectivity index (χ3v) is 4.01. The van der Waals surface area contributed by atoms with Crippen molar-refractivity contribution in [3.8, 4) is 23.0 Å². The molecule has 1 aromatic carbocycles. The molecule has 27 heavy (non-hydrogen) atoms. The maximum Gasteiger partial charge on any atom is 0.182 e. The molecule has 7 heteroatoms. The second-order valence-electron chi connectivity index (χ2n) is 5.74. The quantitative estimate of drug-likeness (QED) is 0.592. The lowest BCUT2D eigenvalue weighted by Crippen LogP contribution is -2.04. The highest BCUT2D eigenvalue weighted by molar-refractivity contribution is 5.63. The van der Waals surface area contributed by atoms with Gasteiger partial charge in [0.1, 0.15) is 6.07 Å². The maximum absolute atomic E-state index is 9.19. The smallest absolute Gasteiger partial charge is 0.182 e. The molecular weight excluding hydrogens is 338 g/mol. The topological polar surface area (TPSA) is 92.3 Å². The highest BCUT2D eigenvalue weighted by Crippen LogP contribution is 2.24. The molecule has 3 heterocycles. The number of aromatic nitrogens is 5. The monoisotopic (exact) mass is 353 g/mol. The van der Waals surface area contributed by atoms with Gasteiger partial charge in [0, 0.05) is 48.7 Å². The Hall–Kier alpha value is -4.05. The van der Waals surface area contributed by atoms with E-state index in [2.05, 4.69) is 20.3 Å². The van der Waals surface area contributed by atoms with E-state index in [1.54, 1.807) is 18.6 Å². The van der Waals surface area contributed by atoms with Crippen molar-refractivity contribution in [1.29, 1.82) is 5.26 Å². The lowest BCUT2D eigenvalue weighted by Gasteiger charge is -2.06. The van der Waals surface area contributed by atoms with E-state index in [1.165, 1.54) is 6.20 Å². The van der Waals surface area contributed by atoms with Crippen LogP contribution in [0.5, 0.6) is 0 Å². The molecule has 0 aliphatic heterocycles. The summed E-state index contributed by atoms with van der Waals surface area (Å²) in [6.45, 7) is 0.456. The zero-order valence-corrected chi connectivity index (χ0v) is 14.3. The van der Waals surface area contributed by atoms with Crippen LogP contribution in [-0.2, 0) is 6.54 Å². The van der Waals surface area contributed by atoms with Crippen LogP contribution in [0.2, 0.25) is 0 Å². The average molecular weight is 353 g/mol. The number of pyridine rings is 1. The van der Waals surface area contributed by atoms with Crippen molar-refractivity contribution in [1.82, 2.24) is 24.7 Å². The fourth-order valence-corrected chi connectivity index (χ4v) is 2.73. The molecule has 4 aromatic rings. The van der Waals surface area contributed by atoms with E-state index in [0.717, 1.165) is 22.5 Å². The lowest BCUT2D eigenvalue weighted by atomic mass is 10.1. The highest BCUT2D eigenvalue weighted by Gasteiger charge is 2.13. The molecule has 130 valence electrons. The zero-order chi connectivity index (χ0) is 18.5. The van der Waals surface area contributed by atoms with Gasteiger partial charge in [0.05, 0.1) is 11.4 Å². The van der Waals surface area contributed by atoms with Gasteiger partial charge in [0.25, 0.3) is 0 Å². The number of benzene rings is 1. The number of para-hydroxylation sites is 1. The van der Waals surface area contributed by atoms with Crippen LogP contribution in [0.1, 0.15) is 11.3 Å². The Morgan fingerprint density at radius 3 is 2.52 bits per heavy atom. The van der Waals surface area contributed by atoms with E-state index in [1.807, 2.05) is 59.4 Å². The molecule has 1 N–H and O–H groups in total. The first kappa shape index (κ1) is 16.4. The molecule has 0 bridgehead atoms. The SMILES string of the molecule is N#Cc1nccnc1NCc1cn(-c2ccccc2)nc1-c1ccncc1. The Kier molecular flexibility index (Phi) is 4.53. The van der Waals surface area contributed by atoms with Gasteiger partial charge in [-0.05, 0) is 24.3 Å². The van der Waals surface area contributed by atoms with Crippen molar-refractivity contribution in [2.75, 3.05) is 5.32 Å². The molecule has 0 fully saturated rings. The maximum atomic E-state index is 9.19. The average Bonchev–Trinajstić information content (AvgIpc) is 3.18. The van der Waals surface area contributed by atoms with Gasteiger partial charge in [-0.25, -0.2) is 14.6 Å². The molecule has 0 aliphatic carbocycles. The lowest BCUT2D eigenvalue weighted by molar-refractivity contribution is 0.883. The summed E-state index contributed by atoms with van der Waals surface area (Å²) in [5.41, 5.74) is 4.02. The Bertz CT molecular complexity index is 1080. The first-order valence-corrected chi connectivity index (χ1v) is 8.34. The van der Waals surface area contributed by atoms with E-state index < -0.39 is 0 Å². The van der Waals surface area contributed by atoms with Crippen LogP contribution >= 0.6 is 0 Å². The van der Waals surface area contributed by atoms with E-state index >= 15 is 0 Å². The summed E-state index contributed by atoms with van der Waals surface area (Å²) < 4.78 is 1.84. The van der Waals surface area contributed by atoms with Crippen molar-refractivity contribution < 1.29 is 0 Å². The summed E-state index contributed by atoms with van der Waals surface area (Å²) in [7, 11) is 0. The van der Waals surface area contributed by atoms with Gasteiger partial charge in [-0.1, -0.05) is 18.2 Å². The van der Waals surface area contributed by atoms with Crippen molar-refractivity contribution >= 4 is 5.82 Å². The molecule has 0 amide bonds. The first-order chi connectivity index (χ1) is 13.3. The van der Waals surface area contributed by atoms with E-state index in [4.69, 9.17) is 5.10 Å². The number of hydrogen-bond acceptors (Lipinski definition) is 6. The molecule has 0 saturated heterocycles. The number of hydrogen-bond donors (Lipinski definition) is 1. The zero-order valence-electron chi connectivity index (χ0n) is 14.3. The molecule has 0 saturated carbocycles. The van der Waals surface area contributed by atoms with Gasteiger partial charge in [0.2, 0.25) is 0 Å². The van der Waals surface area contributed by atoms with E-state index in [9.17, 15) is 5.26 Å². The van der Waals surface area contributed by atoms with Gasteiger partial charge in [-0.3, -0.25) is 4.98 Å². The van der Waals surface area contributed by atoms with Gasteiger partial charge < -0.3 is 5.32 Å². The molecule has 0 radical (unpaired) electrons. The van der Waals surface area contributed by atoms with Gasteiger partial charge >= 0.3 is 0 Å². The third kappa shape index (κ3) is 3.50. The Labute approximate surface area is 156 Å². The molecule has 7 nitrogen and oxygen atoms in total. The molecule has 0 atom stereocenters. The molecular formula is C20H15N7. The molecule has 0 unspecified atom stereocenters. The van der Waals surface area contributed by atoms with Crippen LogP contribution < -0.4 is 5.32 Å². The second kappa shape index (κ2) is 7.45. The van der Waals surface area contributed by atoms with Crippen LogP contribution in [0.4, 0.5) is 5.82 Å². The Morgan fingerprint density at radius 2 is 1.74 bits per heavy atom. The Balaban J connectivity index is 1.70. The summed E-state index contributed by atoms with van der Waals surface area (Å²) in [6.07, 6.45) is 8.51.